The molecule has 1 saturated heterocycles. The molecule has 3 heterocycles. The first kappa shape index (κ1) is 19.0. The van der Waals surface area contributed by atoms with Crippen LogP contribution in [0, 0.1) is 0 Å². The summed E-state index contributed by atoms with van der Waals surface area (Å²) in [6.07, 6.45) is 3.56. The van der Waals surface area contributed by atoms with Crippen LogP contribution in [-0.2, 0) is 16.0 Å². The fourth-order valence-electron chi connectivity index (χ4n) is 3.40. The van der Waals surface area contributed by atoms with Crippen molar-refractivity contribution in [3.8, 4) is 11.1 Å². The van der Waals surface area contributed by atoms with Gasteiger partial charge in [-0.1, -0.05) is 28.1 Å². The zero-order chi connectivity index (χ0) is 20.5. The molecule has 0 saturated carbocycles. The summed E-state index contributed by atoms with van der Waals surface area (Å²) in [6, 6.07) is 13.9. The van der Waals surface area contributed by atoms with Crippen LogP contribution in [0.2, 0.25) is 0 Å². The maximum atomic E-state index is 5.93. The molecule has 0 unspecified atom stereocenters. The first-order chi connectivity index (χ1) is 14.6. The lowest BCUT2D eigenvalue weighted by molar-refractivity contribution is -0.0545. The lowest BCUT2D eigenvalue weighted by Gasteiger charge is -2.11. The summed E-state index contributed by atoms with van der Waals surface area (Å²) < 4.78 is 13.8. The fraction of sp³-hybridized carbons (Fsp3) is 0.190. The first-order valence-electron chi connectivity index (χ1n) is 9.50. The number of fused-ring (bicyclic) bond motifs is 1. The number of nitrogens with zero attached hydrogens (tertiary/aromatic N) is 4. The normalized spacial score (nSPS) is 14.4. The van der Waals surface area contributed by atoms with E-state index < -0.39 is 0 Å². The SMILES string of the molecule is Nc1nc(Nc2cccc(Br)c2)c2cc(-c3cnn(CC4OCCO4)c3)ccc2n1. The number of anilines is 3. The van der Waals surface area contributed by atoms with Crippen molar-refractivity contribution in [3.05, 3.63) is 59.3 Å². The van der Waals surface area contributed by atoms with Crippen molar-refractivity contribution in [1.29, 1.82) is 0 Å². The smallest absolute Gasteiger partial charge is 0.222 e. The molecule has 0 spiro atoms. The third kappa shape index (κ3) is 4.00. The van der Waals surface area contributed by atoms with Crippen molar-refractivity contribution >= 4 is 44.3 Å². The number of rotatable bonds is 5. The minimum Gasteiger partial charge on any atom is -0.368 e. The average Bonchev–Trinajstić information content (AvgIpc) is 3.40. The van der Waals surface area contributed by atoms with Crippen molar-refractivity contribution in [1.82, 2.24) is 19.7 Å². The van der Waals surface area contributed by atoms with Gasteiger partial charge < -0.3 is 20.5 Å². The van der Waals surface area contributed by atoms with Gasteiger partial charge in [0.15, 0.2) is 6.29 Å². The summed E-state index contributed by atoms with van der Waals surface area (Å²) in [5.41, 5.74) is 9.59. The van der Waals surface area contributed by atoms with Gasteiger partial charge in [0.1, 0.15) is 5.82 Å². The number of nitrogen functional groups attached to an aromatic ring is 1. The van der Waals surface area contributed by atoms with Crippen LogP contribution < -0.4 is 11.1 Å². The molecule has 0 aliphatic carbocycles. The topological polar surface area (TPSA) is 100 Å². The molecule has 9 heteroatoms. The molecule has 0 atom stereocenters. The molecule has 4 aromatic rings. The third-order valence-electron chi connectivity index (χ3n) is 4.79. The van der Waals surface area contributed by atoms with E-state index in [4.69, 9.17) is 15.2 Å². The number of benzene rings is 2. The Morgan fingerprint density at radius 3 is 2.80 bits per heavy atom. The van der Waals surface area contributed by atoms with Crippen LogP contribution in [0.5, 0.6) is 0 Å². The lowest BCUT2D eigenvalue weighted by atomic mass is 10.1. The van der Waals surface area contributed by atoms with Gasteiger partial charge in [0.05, 0.1) is 31.5 Å². The number of aromatic nitrogens is 4. The van der Waals surface area contributed by atoms with Crippen LogP contribution in [0.15, 0.2) is 59.3 Å². The molecular formula is C21H19BrN6O2. The van der Waals surface area contributed by atoms with Gasteiger partial charge in [-0.15, -0.1) is 0 Å². The molecule has 1 aliphatic heterocycles. The quantitative estimate of drug-likeness (QED) is 0.459. The van der Waals surface area contributed by atoms with Gasteiger partial charge in [-0.2, -0.15) is 10.1 Å². The molecule has 8 nitrogen and oxygen atoms in total. The standard InChI is InChI=1S/C21H19BrN6O2/c22-15-2-1-3-16(9-15)25-20-17-8-13(4-5-18(17)26-21(23)27-20)14-10-24-28(11-14)12-19-29-6-7-30-19/h1-5,8-11,19H,6-7,12H2,(H3,23,25,26,27). The Hall–Kier alpha value is -3.01. The molecule has 3 N–H and O–H groups in total. The van der Waals surface area contributed by atoms with Gasteiger partial charge in [-0.3, -0.25) is 4.68 Å². The summed E-state index contributed by atoms with van der Waals surface area (Å²) in [5, 5.41) is 8.65. The molecule has 2 aromatic heterocycles. The van der Waals surface area contributed by atoms with E-state index in [1.165, 1.54) is 0 Å². The Bertz CT molecular complexity index is 1210. The van der Waals surface area contributed by atoms with E-state index in [0.717, 1.165) is 32.2 Å². The maximum absolute atomic E-state index is 5.93. The number of hydrogen-bond donors (Lipinski definition) is 2. The van der Waals surface area contributed by atoms with Crippen LogP contribution >= 0.6 is 15.9 Å². The second-order valence-corrected chi connectivity index (χ2v) is 7.84. The van der Waals surface area contributed by atoms with Crippen LogP contribution in [0.1, 0.15) is 0 Å². The molecule has 1 aliphatic rings. The van der Waals surface area contributed by atoms with E-state index in [9.17, 15) is 0 Å². The highest BCUT2D eigenvalue weighted by atomic mass is 79.9. The van der Waals surface area contributed by atoms with E-state index >= 15 is 0 Å². The second kappa shape index (κ2) is 8.02. The third-order valence-corrected chi connectivity index (χ3v) is 5.29. The molecule has 30 heavy (non-hydrogen) atoms. The van der Waals surface area contributed by atoms with Crippen molar-refractivity contribution in [2.75, 3.05) is 24.3 Å². The monoisotopic (exact) mass is 466 g/mol. The van der Waals surface area contributed by atoms with Gasteiger partial charge in [0.25, 0.3) is 0 Å². The average molecular weight is 467 g/mol. The van der Waals surface area contributed by atoms with Gasteiger partial charge >= 0.3 is 0 Å². The summed E-state index contributed by atoms with van der Waals surface area (Å²) in [4.78, 5) is 8.79. The molecule has 0 bridgehead atoms. The Morgan fingerprint density at radius 2 is 1.97 bits per heavy atom. The number of hydrogen-bond acceptors (Lipinski definition) is 7. The van der Waals surface area contributed by atoms with Gasteiger partial charge in [-0.05, 0) is 35.9 Å². The van der Waals surface area contributed by atoms with E-state index in [0.29, 0.717) is 25.6 Å². The first-order valence-corrected chi connectivity index (χ1v) is 10.3. The minimum absolute atomic E-state index is 0.220. The zero-order valence-electron chi connectivity index (χ0n) is 16.0. The molecule has 0 radical (unpaired) electrons. The Balaban J connectivity index is 1.48. The molecule has 5 rings (SSSR count). The minimum atomic E-state index is -0.244. The molecular weight excluding hydrogens is 448 g/mol. The van der Waals surface area contributed by atoms with E-state index in [-0.39, 0.29) is 12.2 Å². The maximum Gasteiger partial charge on any atom is 0.222 e. The number of ether oxygens (including phenoxy) is 2. The predicted octanol–water partition coefficient (Wildman–Crippen LogP) is 3.95. The van der Waals surface area contributed by atoms with Crippen molar-refractivity contribution in [2.45, 2.75) is 12.8 Å². The Kier molecular flexibility index (Phi) is 5.07. The number of nitrogens with one attached hydrogen (secondary N) is 1. The largest absolute Gasteiger partial charge is 0.368 e. The molecule has 152 valence electrons. The van der Waals surface area contributed by atoms with Crippen molar-refractivity contribution < 1.29 is 9.47 Å². The van der Waals surface area contributed by atoms with Gasteiger partial charge in [0.2, 0.25) is 5.95 Å². The Labute approximate surface area is 181 Å². The van der Waals surface area contributed by atoms with Crippen LogP contribution in [0.3, 0.4) is 0 Å². The van der Waals surface area contributed by atoms with Crippen LogP contribution in [-0.4, -0.2) is 39.3 Å². The predicted molar refractivity (Wildman–Crippen MR) is 118 cm³/mol. The van der Waals surface area contributed by atoms with E-state index in [1.807, 2.05) is 59.5 Å². The van der Waals surface area contributed by atoms with Crippen LogP contribution in [0.25, 0.3) is 22.0 Å². The van der Waals surface area contributed by atoms with Gasteiger partial charge in [-0.25, -0.2) is 4.98 Å². The van der Waals surface area contributed by atoms with Crippen LogP contribution in [0.4, 0.5) is 17.5 Å². The summed E-state index contributed by atoms with van der Waals surface area (Å²) >= 11 is 3.49. The highest BCUT2D eigenvalue weighted by Gasteiger charge is 2.17. The van der Waals surface area contributed by atoms with Gasteiger partial charge in [0, 0.05) is 27.3 Å². The van der Waals surface area contributed by atoms with E-state index in [2.05, 4.69) is 36.3 Å². The second-order valence-electron chi connectivity index (χ2n) is 6.92. The number of halogens is 1. The zero-order valence-corrected chi connectivity index (χ0v) is 17.5. The molecule has 0 amide bonds. The highest BCUT2D eigenvalue weighted by molar-refractivity contribution is 9.10. The Morgan fingerprint density at radius 1 is 1.10 bits per heavy atom. The molecule has 2 aromatic carbocycles. The highest BCUT2D eigenvalue weighted by Crippen LogP contribution is 2.30. The van der Waals surface area contributed by atoms with E-state index in [1.54, 1.807) is 0 Å². The van der Waals surface area contributed by atoms with Crippen molar-refractivity contribution in [3.63, 3.8) is 0 Å². The summed E-state index contributed by atoms with van der Waals surface area (Å²) in [5.74, 6) is 0.870. The van der Waals surface area contributed by atoms with Crippen molar-refractivity contribution in [2.24, 2.45) is 0 Å². The summed E-state index contributed by atoms with van der Waals surface area (Å²) in [7, 11) is 0. The molecule has 1 fully saturated rings. The summed E-state index contributed by atoms with van der Waals surface area (Å²) in [6.45, 7) is 1.81. The number of nitrogens with two attached hydrogens (primary N) is 1. The fourth-order valence-corrected chi connectivity index (χ4v) is 3.80. The lowest BCUT2D eigenvalue weighted by Crippen LogP contribution is -2.16.